The Kier molecular flexibility index (Phi) is 6.52. The predicted octanol–water partition coefficient (Wildman–Crippen LogP) is 4.58. The molecule has 4 aromatic rings. The van der Waals surface area contributed by atoms with E-state index in [9.17, 15) is 9.90 Å². The van der Waals surface area contributed by atoms with Crippen LogP contribution >= 0.6 is 0 Å². The molecule has 7 heteroatoms. The van der Waals surface area contributed by atoms with Crippen molar-refractivity contribution in [2.75, 3.05) is 30.3 Å². The first-order chi connectivity index (χ1) is 17.1. The molecule has 4 N–H and O–H groups in total. The van der Waals surface area contributed by atoms with Crippen molar-refractivity contribution in [2.24, 2.45) is 0 Å². The Morgan fingerprint density at radius 1 is 1.06 bits per heavy atom. The van der Waals surface area contributed by atoms with Gasteiger partial charge in [-0.2, -0.15) is 0 Å². The van der Waals surface area contributed by atoms with E-state index in [0.29, 0.717) is 11.3 Å². The van der Waals surface area contributed by atoms with Gasteiger partial charge in [0.2, 0.25) is 5.78 Å². The molecule has 5 rings (SSSR count). The number of nitrogens with two attached hydrogens (primary N) is 1. The molecule has 1 atom stereocenters. The fourth-order valence-corrected chi connectivity index (χ4v) is 4.39. The maximum absolute atomic E-state index is 13.4. The van der Waals surface area contributed by atoms with Crippen molar-refractivity contribution >= 4 is 17.4 Å². The standard InChI is InChI=1S/C28H27N5O2.4H2/c29-28-23(15-22(16-31-28)21-9-4-6-19(14-21)18-34)27(35)24-10-5-11-26(32-24)33-13-12-30-25(17-33)20-7-2-1-3-8-20;;;;/h1-11,14-16,25,30,34H,12-13,17-18H2,(H2,29,31);4*1H. The van der Waals surface area contributed by atoms with Gasteiger partial charge in [0.15, 0.2) is 0 Å². The molecule has 0 radical (unpaired) electrons. The van der Waals surface area contributed by atoms with E-state index >= 15 is 0 Å². The second-order valence-corrected chi connectivity index (χ2v) is 8.59. The zero-order valence-electron chi connectivity index (χ0n) is 19.3. The summed E-state index contributed by atoms with van der Waals surface area (Å²) >= 11 is 0. The number of benzene rings is 2. The van der Waals surface area contributed by atoms with Crippen LogP contribution in [0.2, 0.25) is 0 Å². The van der Waals surface area contributed by atoms with E-state index in [-0.39, 0.29) is 30.0 Å². The Labute approximate surface area is 210 Å². The van der Waals surface area contributed by atoms with Gasteiger partial charge < -0.3 is 21.1 Å². The summed E-state index contributed by atoms with van der Waals surface area (Å²) in [6, 6.07) is 25.2. The van der Waals surface area contributed by atoms with E-state index < -0.39 is 0 Å². The summed E-state index contributed by atoms with van der Waals surface area (Å²) in [6.07, 6.45) is 1.64. The number of hydrogen-bond donors (Lipinski definition) is 3. The highest BCUT2D eigenvalue weighted by Crippen LogP contribution is 2.26. The van der Waals surface area contributed by atoms with Gasteiger partial charge in [-0.1, -0.05) is 54.6 Å². The van der Waals surface area contributed by atoms with Crippen LogP contribution < -0.4 is 16.0 Å². The highest BCUT2D eigenvalue weighted by molar-refractivity contribution is 6.11. The smallest absolute Gasteiger partial charge is 0.215 e. The Balaban J connectivity index is 0.00000190. The number of rotatable bonds is 6. The molecular formula is C28H35N5O2. The molecule has 1 unspecified atom stereocenters. The summed E-state index contributed by atoms with van der Waals surface area (Å²) in [5.74, 6) is 0.652. The number of aliphatic hydroxyl groups is 1. The van der Waals surface area contributed by atoms with Crippen molar-refractivity contribution in [3.05, 3.63) is 107 Å². The Morgan fingerprint density at radius 3 is 2.71 bits per heavy atom. The van der Waals surface area contributed by atoms with Gasteiger partial charge in [0.1, 0.15) is 17.3 Å². The minimum Gasteiger partial charge on any atom is -0.392 e. The molecule has 2 aromatic carbocycles. The molecule has 35 heavy (non-hydrogen) atoms. The van der Waals surface area contributed by atoms with Gasteiger partial charge in [-0.3, -0.25) is 4.79 Å². The van der Waals surface area contributed by atoms with Gasteiger partial charge in [-0.15, -0.1) is 0 Å². The second-order valence-electron chi connectivity index (χ2n) is 8.59. The van der Waals surface area contributed by atoms with Gasteiger partial charge in [-0.05, 0) is 41.0 Å². The summed E-state index contributed by atoms with van der Waals surface area (Å²) in [6.45, 7) is 2.32. The van der Waals surface area contributed by atoms with E-state index in [1.165, 1.54) is 5.56 Å². The molecule has 0 bridgehead atoms. The SMILES string of the molecule is Nc1ncc(-c2cccc(CO)c2)cc1C(=O)c1cccc(N2CCNC(c3ccccc3)C2)n1.[HH].[HH].[HH].[HH]. The number of ketones is 1. The molecule has 1 fully saturated rings. The molecule has 1 saturated heterocycles. The fraction of sp³-hybridized carbons (Fsp3) is 0.179. The zero-order valence-corrected chi connectivity index (χ0v) is 19.3. The van der Waals surface area contributed by atoms with E-state index in [4.69, 9.17) is 10.7 Å². The highest BCUT2D eigenvalue weighted by Gasteiger charge is 2.23. The third kappa shape index (κ3) is 4.91. The number of nitrogens with zero attached hydrogens (tertiary/aromatic N) is 3. The molecule has 0 saturated carbocycles. The van der Waals surface area contributed by atoms with Crippen LogP contribution in [0.15, 0.2) is 85.1 Å². The number of anilines is 2. The van der Waals surface area contributed by atoms with E-state index in [1.807, 2.05) is 54.6 Å². The predicted molar refractivity (Wildman–Crippen MR) is 146 cm³/mol. The third-order valence-corrected chi connectivity index (χ3v) is 6.27. The average Bonchev–Trinajstić information content (AvgIpc) is 2.93. The number of pyridine rings is 2. The van der Waals surface area contributed by atoms with Crippen LogP contribution in [-0.4, -0.2) is 40.5 Å². The van der Waals surface area contributed by atoms with Gasteiger partial charge in [-0.25, -0.2) is 9.97 Å². The third-order valence-electron chi connectivity index (χ3n) is 6.27. The van der Waals surface area contributed by atoms with Crippen molar-refractivity contribution in [3.63, 3.8) is 0 Å². The largest absolute Gasteiger partial charge is 0.392 e. The lowest BCUT2D eigenvalue weighted by Gasteiger charge is -2.35. The van der Waals surface area contributed by atoms with E-state index in [2.05, 4.69) is 27.3 Å². The first kappa shape index (κ1) is 22.7. The lowest BCUT2D eigenvalue weighted by atomic mass is 10.0. The van der Waals surface area contributed by atoms with Gasteiger partial charge in [0, 0.05) is 43.1 Å². The minimum absolute atomic E-state index is 0. The van der Waals surface area contributed by atoms with Crippen LogP contribution in [0.3, 0.4) is 0 Å². The summed E-state index contributed by atoms with van der Waals surface area (Å²) < 4.78 is 0. The molecule has 184 valence electrons. The van der Waals surface area contributed by atoms with Gasteiger partial charge in [0.05, 0.1) is 12.2 Å². The van der Waals surface area contributed by atoms with Crippen LogP contribution in [0.25, 0.3) is 11.1 Å². The fourth-order valence-electron chi connectivity index (χ4n) is 4.39. The Hall–Kier alpha value is -4.07. The van der Waals surface area contributed by atoms with Crippen molar-refractivity contribution < 1.29 is 15.6 Å². The topological polar surface area (TPSA) is 104 Å². The van der Waals surface area contributed by atoms with Crippen LogP contribution in [-0.2, 0) is 6.61 Å². The summed E-state index contributed by atoms with van der Waals surface area (Å²) in [7, 11) is 0. The van der Waals surface area contributed by atoms with Gasteiger partial charge in [0.25, 0.3) is 0 Å². The minimum atomic E-state index is -0.272. The van der Waals surface area contributed by atoms with Gasteiger partial charge >= 0.3 is 0 Å². The Morgan fingerprint density at radius 2 is 1.89 bits per heavy atom. The quantitative estimate of drug-likeness (QED) is 0.352. The monoisotopic (exact) mass is 473 g/mol. The molecule has 1 aliphatic heterocycles. The molecule has 1 aliphatic rings. The average molecular weight is 474 g/mol. The second kappa shape index (κ2) is 10.0. The summed E-state index contributed by atoms with van der Waals surface area (Å²) in [5.41, 5.74) is 10.4. The van der Waals surface area contributed by atoms with E-state index in [0.717, 1.165) is 42.1 Å². The first-order valence-electron chi connectivity index (χ1n) is 11.6. The summed E-state index contributed by atoms with van der Waals surface area (Å²) in [4.78, 5) is 24.6. The van der Waals surface area contributed by atoms with Crippen molar-refractivity contribution in [2.45, 2.75) is 12.6 Å². The molecular weight excluding hydrogens is 438 g/mol. The van der Waals surface area contributed by atoms with Crippen molar-refractivity contribution in [3.8, 4) is 11.1 Å². The molecule has 0 aliphatic carbocycles. The van der Waals surface area contributed by atoms with E-state index in [1.54, 1.807) is 18.3 Å². The Bertz CT molecular complexity index is 1360. The van der Waals surface area contributed by atoms with Crippen LogP contribution in [0.1, 0.15) is 38.9 Å². The number of aromatic nitrogens is 2. The number of piperazine rings is 1. The van der Waals surface area contributed by atoms with Crippen LogP contribution in [0.4, 0.5) is 11.6 Å². The molecule has 0 amide bonds. The lowest BCUT2D eigenvalue weighted by molar-refractivity contribution is 0.103. The summed E-state index contributed by atoms with van der Waals surface area (Å²) in [5, 5.41) is 13.0. The molecule has 7 nitrogen and oxygen atoms in total. The maximum Gasteiger partial charge on any atom is 0.215 e. The number of aliphatic hydroxyl groups excluding tert-OH is 1. The number of nitrogens with one attached hydrogen (secondary N) is 1. The molecule has 3 heterocycles. The maximum atomic E-state index is 13.4. The molecule has 0 spiro atoms. The normalized spacial score (nSPS) is 15.7. The number of carbonyl (C=O) groups excluding carboxylic acids is 1. The zero-order chi connectivity index (χ0) is 24.2. The molecule has 2 aromatic heterocycles. The van der Waals surface area contributed by atoms with Crippen LogP contribution in [0, 0.1) is 0 Å². The number of carbonyl (C=O) groups is 1. The van der Waals surface area contributed by atoms with Crippen molar-refractivity contribution in [1.29, 1.82) is 0 Å². The number of hydrogen-bond acceptors (Lipinski definition) is 7. The first-order valence-corrected chi connectivity index (χ1v) is 11.6. The van der Waals surface area contributed by atoms with Crippen LogP contribution in [0.5, 0.6) is 0 Å². The number of nitrogen functional groups attached to an aromatic ring is 1. The lowest BCUT2D eigenvalue weighted by Crippen LogP contribution is -2.46. The van der Waals surface area contributed by atoms with Crippen molar-refractivity contribution in [1.82, 2.24) is 15.3 Å². The highest BCUT2D eigenvalue weighted by atomic mass is 16.3.